The van der Waals surface area contributed by atoms with E-state index in [4.69, 9.17) is 32.9 Å². The normalized spacial score (nSPS) is 15.4. The van der Waals surface area contributed by atoms with Gasteiger partial charge >= 0.3 is 5.97 Å². The van der Waals surface area contributed by atoms with Crippen molar-refractivity contribution in [2.45, 2.75) is 20.1 Å². The Morgan fingerprint density at radius 1 is 1.15 bits per heavy atom. The Bertz CT molecular complexity index is 1090. The van der Waals surface area contributed by atoms with Crippen LogP contribution in [0.25, 0.3) is 5.69 Å². The van der Waals surface area contributed by atoms with Crippen molar-refractivity contribution in [2.24, 2.45) is 4.99 Å². The van der Waals surface area contributed by atoms with Crippen molar-refractivity contribution in [3.05, 3.63) is 81.4 Å². The number of hydrogen-bond acceptors (Lipinski definition) is 4. The van der Waals surface area contributed by atoms with Crippen molar-refractivity contribution < 1.29 is 9.53 Å². The largest absolute Gasteiger partial charge is 0.432 e. The van der Waals surface area contributed by atoms with Crippen molar-refractivity contribution in [1.29, 1.82) is 0 Å². The number of benzene rings is 2. The average Bonchev–Trinajstić information content (AvgIpc) is 2.94. The van der Waals surface area contributed by atoms with Gasteiger partial charge in [0, 0.05) is 40.0 Å². The summed E-state index contributed by atoms with van der Waals surface area (Å²) in [6, 6.07) is 12.9. The molecule has 1 unspecified atom stereocenters. The molecule has 27 heavy (non-hydrogen) atoms. The van der Waals surface area contributed by atoms with Crippen LogP contribution >= 0.6 is 23.2 Å². The second-order valence-corrected chi connectivity index (χ2v) is 7.02. The second-order valence-electron chi connectivity index (χ2n) is 6.17. The average molecular weight is 400 g/mol. The topological polar surface area (TPSA) is 56.5 Å². The Morgan fingerprint density at radius 3 is 2.67 bits per heavy atom. The molecule has 136 valence electrons. The van der Waals surface area contributed by atoms with Crippen LogP contribution in [0.1, 0.15) is 35.8 Å². The highest BCUT2D eigenvalue weighted by molar-refractivity contribution is 6.36. The monoisotopic (exact) mass is 399 g/mol. The fourth-order valence-corrected chi connectivity index (χ4v) is 3.58. The van der Waals surface area contributed by atoms with Gasteiger partial charge in [-0.2, -0.15) is 0 Å². The quantitative estimate of drug-likeness (QED) is 0.575. The highest BCUT2D eigenvalue weighted by Gasteiger charge is 2.29. The first-order valence-electron chi connectivity index (χ1n) is 8.30. The number of rotatable bonds is 2. The zero-order valence-corrected chi connectivity index (χ0v) is 16.1. The molecule has 2 aromatic carbocycles. The Labute approximate surface area is 166 Å². The maximum atomic E-state index is 11.7. The number of imidazole rings is 1. The predicted octanol–water partition coefficient (Wildman–Crippen LogP) is 4.90. The molecule has 0 N–H and O–H groups in total. The summed E-state index contributed by atoms with van der Waals surface area (Å²) in [5, 5.41) is 1.11. The number of ether oxygens (including phenoxy) is 1. The number of carbonyl (C=O) groups excluding carboxylic acids is 1. The molecule has 1 aliphatic heterocycles. The summed E-state index contributed by atoms with van der Waals surface area (Å²) < 4.78 is 7.40. The van der Waals surface area contributed by atoms with E-state index in [9.17, 15) is 4.79 Å². The molecule has 5 nitrogen and oxygen atoms in total. The SMILES string of the molecule is CC(=O)OC1N=C(c2ccccc2Cl)c2cc(Cl)ccc2-n2c(C)cnc21. The summed E-state index contributed by atoms with van der Waals surface area (Å²) in [5.41, 5.74) is 3.84. The van der Waals surface area contributed by atoms with Gasteiger partial charge in [0.2, 0.25) is 0 Å². The molecular formula is C20H15Cl2N3O2. The maximum absolute atomic E-state index is 11.7. The molecule has 1 aromatic heterocycles. The molecule has 0 spiro atoms. The lowest BCUT2D eigenvalue weighted by Gasteiger charge is -2.14. The molecule has 0 amide bonds. The summed E-state index contributed by atoms with van der Waals surface area (Å²) in [6.45, 7) is 3.28. The lowest BCUT2D eigenvalue weighted by molar-refractivity contribution is -0.146. The Morgan fingerprint density at radius 2 is 1.93 bits per heavy atom. The molecule has 0 saturated carbocycles. The summed E-state index contributed by atoms with van der Waals surface area (Å²) in [4.78, 5) is 20.9. The van der Waals surface area contributed by atoms with Crippen LogP contribution in [0.5, 0.6) is 0 Å². The number of hydrogen-bond donors (Lipinski definition) is 0. The number of esters is 1. The first-order valence-corrected chi connectivity index (χ1v) is 9.06. The van der Waals surface area contributed by atoms with Gasteiger partial charge in [0.05, 0.1) is 11.4 Å². The highest BCUT2D eigenvalue weighted by Crippen LogP contribution is 2.34. The Hall–Kier alpha value is -2.63. The number of aromatic nitrogens is 2. The minimum absolute atomic E-state index is 0.446. The molecule has 4 rings (SSSR count). The van der Waals surface area contributed by atoms with Crippen molar-refractivity contribution in [2.75, 3.05) is 0 Å². The molecule has 0 fully saturated rings. The van der Waals surface area contributed by atoms with Gasteiger partial charge in [-0.3, -0.25) is 9.36 Å². The predicted molar refractivity (Wildman–Crippen MR) is 105 cm³/mol. The van der Waals surface area contributed by atoms with Gasteiger partial charge in [-0.1, -0.05) is 41.4 Å². The minimum atomic E-state index is -0.895. The third-order valence-electron chi connectivity index (χ3n) is 4.29. The molecule has 0 saturated heterocycles. The van der Waals surface area contributed by atoms with Gasteiger partial charge in [0.25, 0.3) is 6.23 Å². The van der Waals surface area contributed by atoms with E-state index in [2.05, 4.69) is 4.98 Å². The minimum Gasteiger partial charge on any atom is -0.432 e. The van der Waals surface area contributed by atoms with E-state index in [0.29, 0.717) is 21.6 Å². The molecular weight excluding hydrogens is 385 g/mol. The van der Waals surface area contributed by atoms with E-state index in [0.717, 1.165) is 22.5 Å². The molecule has 0 bridgehead atoms. The zero-order valence-electron chi connectivity index (χ0n) is 14.6. The lowest BCUT2D eigenvalue weighted by Crippen LogP contribution is -2.12. The van der Waals surface area contributed by atoms with E-state index in [1.807, 2.05) is 41.8 Å². The van der Waals surface area contributed by atoms with Crippen LogP contribution in [-0.2, 0) is 9.53 Å². The first kappa shape index (κ1) is 17.8. The van der Waals surface area contributed by atoms with Gasteiger partial charge < -0.3 is 4.74 Å². The fourth-order valence-electron chi connectivity index (χ4n) is 3.18. The van der Waals surface area contributed by atoms with Crippen molar-refractivity contribution in [3.8, 4) is 5.69 Å². The van der Waals surface area contributed by atoms with E-state index < -0.39 is 12.2 Å². The second kappa shape index (κ2) is 6.83. The number of halogens is 2. The van der Waals surface area contributed by atoms with E-state index in [1.165, 1.54) is 6.92 Å². The van der Waals surface area contributed by atoms with Crippen molar-refractivity contribution >= 4 is 34.9 Å². The maximum Gasteiger partial charge on any atom is 0.304 e. The van der Waals surface area contributed by atoms with Gasteiger partial charge in [-0.25, -0.2) is 9.98 Å². The number of carbonyl (C=O) groups is 1. The van der Waals surface area contributed by atoms with Crippen LogP contribution in [0.2, 0.25) is 10.0 Å². The van der Waals surface area contributed by atoms with Crippen molar-refractivity contribution in [1.82, 2.24) is 9.55 Å². The van der Waals surface area contributed by atoms with Crippen LogP contribution in [0.4, 0.5) is 0 Å². The van der Waals surface area contributed by atoms with Gasteiger partial charge in [0.1, 0.15) is 0 Å². The van der Waals surface area contributed by atoms with E-state index in [-0.39, 0.29) is 0 Å². The summed E-state index contributed by atoms with van der Waals surface area (Å²) in [7, 11) is 0. The van der Waals surface area contributed by atoms with Crippen LogP contribution in [0.15, 0.2) is 53.7 Å². The molecule has 1 aliphatic rings. The Kier molecular flexibility index (Phi) is 4.50. The summed E-state index contributed by atoms with van der Waals surface area (Å²) in [6.07, 6.45) is 0.828. The number of nitrogens with zero attached hydrogens (tertiary/aromatic N) is 3. The number of aryl methyl sites for hydroxylation is 1. The number of fused-ring (bicyclic) bond motifs is 3. The van der Waals surface area contributed by atoms with Gasteiger partial charge in [-0.05, 0) is 31.2 Å². The molecule has 2 heterocycles. The van der Waals surface area contributed by atoms with Crippen LogP contribution in [0.3, 0.4) is 0 Å². The fraction of sp³-hybridized carbons (Fsp3) is 0.150. The smallest absolute Gasteiger partial charge is 0.304 e. The summed E-state index contributed by atoms with van der Waals surface area (Å²) >= 11 is 12.7. The molecule has 0 aliphatic carbocycles. The van der Waals surface area contributed by atoms with Crippen LogP contribution < -0.4 is 0 Å². The molecule has 1 atom stereocenters. The third kappa shape index (κ3) is 3.13. The standard InChI is InChI=1S/C20H15Cl2N3O2/c1-11-10-23-19-20(27-12(2)26)24-18(14-5-3-4-6-16(14)22)15-9-13(21)7-8-17(15)25(11)19/h3-10,20H,1-2H3. The summed E-state index contributed by atoms with van der Waals surface area (Å²) in [5.74, 6) is 0.0757. The van der Waals surface area contributed by atoms with Crippen LogP contribution in [-0.4, -0.2) is 21.2 Å². The first-order chi connectivity index (χ1) is 13.0. The van der Waals surface area contributed by atoms with E-state index in [1.54, 1.807) is 18.3 Å². The Balaban J connectivity index is 2.06. The third-order valence-corrected chi connectivity index (χ3v) is 4.86. The van der Waals surface area contributed by atoms with Crippen molar-refractivity contribution in [3.63, 3.8) is 0 Å². The number of aliphatic imine (C=N–C) groups is 1. The van der Waals surface area contributed by atoms with E-state index >= 15 is 0 Å². The lowest BCUT2D eigenvalue weighted by atomic mass is 10.0. The van der Waals surface area contributed by atoms with Crippen LogP contribution in [0, 0.1) is 6.92 Å². The molecule has 7 heteroatoms. The molecule has 0 radical (unpaired) electrons. The van der Waals surface area contributed by atoms with Gasteiger partial charge in [0.15, 0.2) is 5.82 Å². The molecule has 3 aromatic rings. The zero-order chi connectivity index (χ0) is 19.1. The van der Waals surface area contributed by atoms with Gasteiger partial charge in [-0.15, -0.1) is 0 Å². The highest BCUT2D eigenvalue weighted by atomic mass is 35.5.